The van der Waals surface area contributed by atoms with E-state index in [9.17, 15) is 14.4 Å². The first-order chi connectivity index (χ1) is 17.9. The van der Waals surface area contributed by atoms with E-state index in [-0.39, 0.29) is 11.5 Å². The number of ether oxygens (including phenoxy) is 2. The van der Waals surface area contributed by atoms with Gasteiger partial charge in [0.05, 0.1) is 12.8 Å². The fourth-order valence-electron chi connectivity index (χ4n) is 3.56. The van der Waals surface area contributed by atoms with Gasteiger partial charge in [0.1, 0.15) is 17.0 Å². The molecule has 0 bridgehead atoms. The van der Waals surface area contributed by atoms with Crippen LogP contribution in [0.1, 0.15) is 20.7 Å². The highest BCUT2D eigenvalue weighted by Gasteiger charge is 2.21. The Bertz CT molecular complexity index is 1400. The molecule has 37 heavy (non-hydrogen) atoms. The molecule has 0 aliphatic heterocycles. The molecule has 188 valence electrons. The van der Waals surface area contributed by atoms with Gasteiger partial charge in [-0.3, -0.25) is 9.59 Å². The zero-order valence-corrected chi connectivity index (χ0v) is 20.7. The van der Waals surface area contributed by atoms with Gasteiger partial charge in [0.15, 0.2) is 6.61 Å². The average Bonchev–Trinajstić information content (AvgIpc) is 3.38. The summed E-state index contributed by atoms with van der Waals surface area (Å²) < 4.78 is 12.1. The number of para-hydroxylation sites is 1. The molecule has 0 unspecified atom stereocenters. The van der Waals surface area contributed by atoms with Gasteiger partial charge >= 0.3 is 5.97 Å². The van der Waals surface area contributed by atoms with Crippen molar-refractivity contribution in [3.8, 4) is 22.7 Å². The van der Waals surface area contributed by atoms with Crippen LogP contribution in [0, 0.1) is 0 Å². The van der Waals surface area contributed by atoms with E-state index in [1.165, 1.54) is 4.90 Å². The molecule has 0 spiro atoms. The van der Waals surface area contributed by atoms with Crippen molar-refractivity contribution in [3.05, 3.63) is 96.2 Å². The Morgan fingerprint density at radius 2 is 1.59 bits per heavy atom. The van der Waals surface area contributed by atoms with Gasteiger partial charge in [0.2, 0.25) is 0 Å². The number of anilines is 1. The largest absolute Gasteiger partial charge is 0.497 e. The second-order valence-corrected chi connectivity index (χ2v) is 8.30. The predicted octanol–water partition coefficient (Wildman–Crippen LogP) is 4.05. The summed E-state index contributed by atoms with van der Waals surface area (Å²) >= 11 is 0. The third-order valence-corrected chi connectivity index (χ3v) is 5.47. The van der Waals surface area contributed by atoms with Crippen molar-refractivity contribution in [2.75, 3.05) is 33.1 Å². The van der Waals surface area contributed by atoms with Crippen LogP contribution in [0.3, 0.4) is 0 Å². The second kappa shape index (κ2) is 11.2. The summed E-state index contributed by atoms with van der Waals surface area (Å²) in [5.41, 5.74) is 3.07. The predicted molar refractivity (Wildman–Crippen MR) is 139 cm³/mol. The molecule has 1 aromatic heterocycles. The number of hydrogen-bond donors (Lipinski definition) is 1. The average molecular weight is 499 g/mol. The van der Waals surface area contributed by atoms with Crippen molar-refractivity contribution < 1.29 is 23.9 Å². The minimum atomic E-state index is -0.685. The summed E-state index contributed by atoms with van der Waals surface area (Å²) in [7, 11) is 4.90. The van der Waals surface area contributed by atoms with Gasteiger partial charge in [0, 0.05) is 37.1 Å². The van der Waals surface area contributed by atoms with E-state index in [1.54, 1.807) is 80.6 Å². The van der Waals surface area contributed by atoms with Crippen LogP contribution in [0.25, 0.3) is 16.9 Å². The molecule has 0 fully saturated rings. The lowest BCUT2D eigenvalue weighted by atomic mass is 10.1. The Labute approximate surface area is 214 Å². The van der Waals surface area contributed by atoms with Crippen LogP contribution in [-0.4, -0.2) is 60.3 Å². The Morgan fingerprint density at radius 1 is 0.919 bits per heavy atom. The minimum Gasteiger partial charge on any atom is -0.497 e. The molecule has 1 heterocycles. The molecule has 4 aromatic rings. The number of aromatic nitrogens is 2. The van der Waals surface area contributed by atoms with E-state index in [2.05, 4.69) is 10.4 Å². The molecule has 3 aromatic carbocycles. The number of carbonyl (C=O) groups is 3. The number of methoxy groups -OCH3 is 1. The number of carbonyl (C=O) groups excluding carboxylic acids is 3. The Balaban J connectivity index is 1.48. The quantitative estimate of drug-likeness (QED) is 0.368. The van der Waals surface area contributed by atoms with Gasteiger partial charge in [-0.15, -0.1) is 0 Å². The van der Waals surface area contributed by atoms with Gasteiger partial charge in [0.25, 0.3) is 11.8 Å². The van der Waals surface area contributed by atoms with Crippen molar-refractivity contribution in [1.29, 1.82) is 0 Å². The zero-order valence-electron chi connectivity index (χ0n) is 20.7. The van der Waals surface area contributed by atoms with Crippen LogP contribution in [0.5, 0.6) is 5.75 Å². The third kappa shape index (κ3) is 6.02. The van der Waals surface area contributed by atoms with Gasteiger partial charge in [-0.1, -0.05) is 18.2 Å². The summed E-state index contributed by atoms with van der Waals surface area (Å²) in [5.74, 6) is -0.668. The molecule has 0 saturated heterocycles. The molecule has 9 nitrogen and oxygen atoms in total. The highest BCUT2D eigenvalue weighted by atomic mass is 16.5. The van der Waals surface area contributed by atoms with Crippen LogP contribution in [0.2, 0.25) is 0 Å². The normalized spacial score (nSPS) is 10.5. The van der Waals surface area contributed by atoms with E-state index in [0.717, 1.165) is 5.69 Å². The number of amides is 2. The minimum absolute atomic E-state index is 0.143. The van der Waals surface area contributed by atoms with Gasteiger partial charge < -0.3 is 19.7 Å². The highest BCUT2D eigenvalue weighted by molar-refractivity contribution is 5.99. The van der Waals surface area contributed by atoms with Crippen molar-refractivity contribution in [3.63, 3.8) is 0 Å². The van der Waals surface area contributed by atoms with Crippen LogP contribution in [0.4, 0.5) is 5.69 Å². The number of hydrogen-bond acceptors (Lipinski definition) is 6. The molecular formula is C28H26N4O5. The monoisotopic (exact) mass is 498 g/mol. The Kier molecular flexibility index (Phi) is 7.63. The molecule has 4 rings (SSSR count). The van der Waals surface area contributed by atoms with Crippen molar-refractivity contribution in [2.24, 2.45) is 0 Å². The van der Waals surface area contributed by atoms with Crippen LogP contribution >= 0.6 is 0 Å². The standard InChI is InChI=1S/C28H26N4O5/c1-31(2)27(34)20-9-13-21(14-10-20)29-25(33)18-37-28(35)24-17-32(22-7-5-4-6-8-22)30-26(24)19-11-15-23(36-3)16-12-19/h4-17H,18H2,1-3H3,(H,29,33). The van der Waals surface area contributed by atoms with E-state index in [4.69, 9.17) is 9.47 Å². The highest BCUT2D eigenvalue weighted by Crippen LogP contribution is 2.26. The van der Waals surface area contributed by atoms with Gasteiger partial charge in [-0.05, 0) is 60.7 Å². The lowest BCUT2D eigenvalue weighted by molar-refractivity contribution is -0.119. The van der Waals surface area contributed by atoms with Crippen molar-refractivity contribution in [1.82, 2.24) is 14.7 Å². The number of benzene rings is 3. The maximum Gasteiger partial charge on any atom is 0.342 e. The lowest BCUT2D eigenvalue weighted by Crippen LogP contribution is -2.22. The van der Waals surface area contributed by atoms with Crippen molar-refractivity contribution in [2.45, 2.75) is 0 Å². The fourth-order valence-corrected chi connectivity index (χ4v) is 3.56. The molecule has 9 heteroatoms. The van der Waals surface area contributed by atoms with Crippen LogP contribution < -0.4 is 10.1 Å². The molecule has 2 amide bonds. The SMILES string of the molecule is COc1ccc(-c2nn(-c3ccccc3)cc2C(=O)OCC(=O)Nc2ccc(C(=O)N(C)C)cc2)cc1. The second-order valence-electron chi connectivity index (χ2n) is 8.30. The maximum absolute atomic E-state index is 13.0. The molecular weight excluding hydrogens is 472 g/mol. The fraction of sp³-hybridized carbons (Fsp3) is 0.143. The van der Waals surface area contributed by atoms with Crippen LogP contribution in [0.15, 0.2) is 85.1 Å². The molecule has 0 atom stereocenters. The van der Waals surface area contributed by atoms with E-state index in [0.29, 0.717) is 28.3 Å². The number of nitrogens with one attached hydrogen (secondary N) is 1. The summed E-state index contributed by atoms with van der Waals surface area (Å²) in [6.45, 7) is -0.490. The van der Waals surface area contributed by atoms with Crippen LogP contribution in [-0.2, 0) is 9.53 Å². The summed E-state index contributed by atoms with van der Waals surface area (Å²) in [6.07, 6.45) is 1.58. The first-order valence-electron chi connectivity index (χ1n) is 11.4. The summed E-state index contributed by atoms with van der Waals surface area (Å²) in [5, 5.41) is 7.26. The number of esters is 1. The zero-order chi connectivity index (χ0) is 26.4. The van der Waals surface area contributed by atoms with E-state index in [1.807, 2.05) is 30.3 Å². The topological polar surface area (TPSA) is 103 Å². The number of rotatable bonds is 8. The Morgan fingerprint density at radius 3 is 2.22 bits per heavy atom. The first-order valence-corrected chi connectivity index (χ1v) is 11.4. The first kappa shape index (κ1) is 25.2. The lowest BCUT2D eigenvalue weighted by Gasteiger charge is -2.11. The molecule has 1 N–H and O–H groups in total. The summed E-state index contributed by atoms with van der Waals surface area (Å²) in [6, 6.07) is 23.0. The van der Waals surface area contributed by atoms with E-state index < -0.39 is 18.5 Å². The molecule has 0 radical (unpaired) electrons. The van der Waals surface area contributed by atoms with Gasteiger partial charge in [-0.2, -0.15) is 5.10 Å². The maximum atomic E-state index is 13.0. The molecule has 0 aliphatic rings. The Hall–Kier alpha value is -4.92. The smallest absolute Gasteiger partial charge is 0.342 e. The van der Waals surface area contributed by atoms with E-state index >= 15 is 0 Å². The third-order valence-electron chi connectivity index (χ3n) is 5.47. The summed E-state index contributed by atoms with van der Waals surface area (Å²) in [4.78, 5) is 38.9. The number of nitrogens with zero attached hydrogens (tertiary/aromatic N) is 3. The molecule has 0 aliphatic carbocycles. The van der Waals surface area contributed by atoms with Gasteiger partial charge in [-0.25, -0.2) is 9.48 Å². The molecule has 0 saturated carbocycles. The van der Waals surface area contributed by atoms with Crippen molar-refractivity contribution >= 4 is 23.5 Å².